The predicted octanol–water partition coefficient (Wildman–Crippen LogP) is 1.73. The van der Waals surface area contributed by atoms with E-state index in [-0.39, 0.29) is 5.75 Å². The molecule has 0 atom stereocenters. The molecule has 0 heterocycles. The summed E-state index contributed by atoms with van der Waals surface area (Å²) in [5, 5.41) is 8.30. The molecule has 0 saturated carbocycles. The normalized spacial score (nSPS) is 10.2. The molecule has 0 bridgehead atoms. The van der Waals surface area contributed by atoms with Gasteiger partial charge in [0.15, 0.2) is 0 Å². The molecule has 0 unspecified atom stereocenters. The van der Waals surface area contributed by atoms with Crippen molar-refractivity contribution in [2.24, 2.45) is 0 Å². The first-order valence-electron chi connectivity index (χ1n) is 3.10. The van der Waals surface area contributed by atoms with E-state index in [2.05, 4.69) is 11.8 Å². The Bertz CT molecular complexity index is 220. The highest BCUT2D eigenvalue weighted by molar-refractivity contribution is 8.03. The Hall–Kier alpha value is -0.880. The van der Waals surface area contributed by atoms with Crippen LogP contribution < -0.4 is 0 Å². The average molecular weight is 170 g/mol. The zero-order valence-electron chi connectivity index (χ0n) is 6.55. The number of hydrogen-bond donors (Lipinski definition) is 1. The Balaban J connectivity index is 3.74. The van der Waals surface area contributed by atoms with Crippen LogP contribution in [0.4, 0.5) is 0 Å². The van der Waals surface area contributed by atoms with Crippen LogP contribution in [-0.4, -0.2) is 16.8 Å². The Labute approximate surface area is 70.7 Å². The highest BCUT2D eigenvalue weighted by atomic mass is 32.2. The number of carboxylic acid groups (broad SMARTS) is 1. The fourth-order valence-corrected chi connectivity index (χ4v) is 0.884. The van der Waals surface area contributed by atoms with E-state index in [9.17, 15) is 4.79 Å². The van der Waals surface area contributed by atoms with E-state index < -0.39 is 5.97 Å². The van der Waals surface area contributed by atoms with Crippen molar-refractivity contribution in [3.05, 3.63) is 11.0 Å². The third-order valence-electron chi connectivity index (χ3n) is 0.843. The van der Waals surface area contributed by atoms with Gasteiger partial charge < -0.3 is 5.11 Å². The molecule has 0 aromatic heterocycles. The number of carboxylic acids is 1. The maximum absolute atomic E-state index is 10.1. The molecule has 0 rings (SSSR count). The lowest BCUT2D eigenvalue weighted by Gasteiger charge is -1.93. The van der Waals surface area contributed by atoms with Gasteiger partial charge >= 0.3 is 5.97 Å². The highest BCUT2D eigenvalue weighted by Gasteiger charge is 1.96. The summed E-state index contributed by atoms with van der Waals surface area (Å²) in [6.45, 7) is 3.59. The molecule has 0 radical (unpaired) electrons. The number of allylic oxidation sites excluding steroid dienone is 2. The number of hydrogen-bond acceptors (Lipinski definition) is 2. The van der Waals surface area contributed by atoms with Crippen molar-refractivity contribution < 1.29 is 9.90 Å². The van der Waals surface area contributed by atoms with Crippen molar-refractivity contribution in [2.45, 2.75) is 13.8 Å². The van der Waals surface area contributed by atoms with E-state index >= 15 is 0 Å². The SMILES string of the molecule is CC#C/C=C(/C)SCC(=O)O. The van der Waals surface area contributed by atoms with Gasteiger partial charge in [-0.15, -0.1) is 17.7 Å². The smallest absolute Gasteiger partial charge is 0.313 e. The van der Waals surface area contributed by atoms with Crippen molar-refractivity contribution in [1.82, 2.24) is 0 Å². The van der Waals surface area contributed by atoms with Gasteiger partial charge in [-0.25, -0.2) is 0 Å². The number of carbonyl (C=O) groups is 1. The minimum Gasteiger partial charge on any atom is -0.481 e. The summed E-state index contributed by atoms with van der Waals surface area (Å²) in [6, 6.07) is 0. The molecule has 0 saturated heterocycles. The Morgan fingerprint density at radius 3 is 2.82 bits per heavy atom. The maximum atomic E-state index is 10.1. The minimum atomic E-state index is -0.799. The lowest BCUT2D eigenvalue weighted by Crippen LogP contribution is -1.97. The first-order valence-corrected chi connectivity index (χ1v) is 4.09. The summed E-state index contributed by atoms with van der Waals surface area (Å²) in [5.41, 5.74) is 0. The van der Waals surface area contributed by atoms with Gasteiger partial charge in [0.2, 0.25) is 0 Å². The van der Waals surface area contributed by atoms with Gasteiger partial charge in [-0.1, -0.05) is 5.92 Å². The second-order valence-electron chi connectivity index (χ2n) is 1.83. The van der Waals surface area contributed by atoms with Crippen LogP contribution in [0.5, 0.6) is 0 Å². The average Bonchev–Trinajstić information content (AvgIpc) is 1.97. The summed E-state index contributed by atoms with van der Waals surface area (Å²) in [4.78, 5) is 11.0. The van der Waals surface area contributed by atoms with Crippen LogP contribution >= 0.6 is 11.8 Å². The third kappa shape index (κ3) is 7.01. The molecular weight excluding hydrogens is 160 g/mol. The Kier molecular flexibility index (Phi) is 5.40. The van der Waals surface area contributed by atoms with Gasteiger partial charge in [0.25, 0.3) is 0 Å². The highest BCUT2D eigenvalue weighted by Crippen LogP contribution is 2.12. The lowest BCUT2D eigenvalue weighted by atomic mass is 10.5. The lowest BCUT2D eigenvalue weighted by molar-refractivity contribution is -0.133. The zero-order valence-corrected chi connectivity index (χ0v) is 7.36. The van der Waals surface area contributed by atoms with Gasteiger partial charge in [-0.3, -0.25) is 4.79 Å². The van der Waals surface area contributed by atoms with Gasteiger partial charge in [0.05, 0.1) is 5.75 Å². The van der Waals surface area contributed by atoms with Gasteiger partial charge in [0.1, 0.15) is 0 Å². The van der Waals surface area contributed by atoms with Crippen molar-refractivity contribution in [3.8, 4) is 11.8 Å². The van der Waals surface area contributed by atoms with Gasteiger partial charge in [-0.05, 0) is 24.8 Å². The molecule has 0 aliphatic heterocycles. The first kappa shape index (κ1) is 10.1. The fraction of sp³-hybridized carbons (Fsp3) is 0.375. The largest absolute Gasteiger partial charge is 0.481 e. The Morgan fingerprint density at radius 2 is 2.36 bits per heavy atom. The van der Waals surface area contributed by atoms with Crippen molar-refractivity contribution in [3.63, 3.8) is 0 Å². The molecule has 60 valence electrons. The standard InChI is InChI=1S/C8H10O2S/c1-3-4-5-7(2)11-6-8(9)10/h5H,6H2,1-2H3,(H,9,10)/b7-5-. The van der Waals surface area contributed by atoms with Crippen LogP contribution in [0, 0.1) is 11.8 Å². The molecular formula is C8H10O2S. The van der Waals surface area contributed by atoms with Crippen LogP contribution in [-0.2, 0) is 4.79 Å². The van der Waals surface area contributed by atoms with E-state index in [1.54, 1.807) is 13.0 Å². The molecule has 0 fully saturated rings. The molecule has 0 aromatic rings. The fourth-order valence-electron chi connectivity index (χ4n) is 0.391. The Morgan fingerprint density at radius 1 is 1.73 bits per heavy atom. The van der Waals surface area contributed by atoms with E-state index in [1.165, 1.54) is 11.8 Å². The third-order valence-corrected chi connectivity index (χ3v) is 1.81. The van der Waals surface area contributed by atoms with Crippen molar-refractivity contribution in [2.75, 3.05) is 5.75 Å². The molecule has 11 heavy (non-hydrogen) atoms. The molecule has 3 heteroatoms. The first-order chi connectivity index (χ1) is 5.16. The maximum Gasteiger partial charge on any atom is 0.313 e. The topological polar surface area (TPSA) is 37.3 Å². The molecule has 0 aliphatic carbocycles. The van der Waals surface area contributed by atoms with Crippen LogP contribution in [0.25, 0.3) is 0 Å². The van der Waals surface area contributed by atoms with Gasteiger partial charge in [0, 0.05) is 0 Å². The van der Waals surface area contributed by atoms with Crippen LogP contribution in [0.1, 0.15) is 13.8 Å². The zero-order chi connectivity index (χ0) is 8.69. The van der Waals surface area contributed by atoms with Crippen molar-refractivity contribution >= 4 is 17.7 Å². The summed E-state index contributed by atoms with van der Waals surface area (Å²) in [6.07, 6.45) is 1.72. The van der Waals surface area contributed by atoms with Crippen LogP contribution in [0.2, 0.25) is 0 Å². The second-order valence-corrected chi connectivity index (χ2v) is 3.05. The molecule has 0 spiro atoms. The minimum absolute atomic E-state index is 0.105. The van der Waals surface area contributed by atoms with Crippen LogP contribution in [0.3, 0.4) is 0 Å². The van der Waals surface area contributed by atoms with Crippen LogP contribution in [0.15, 0.2) is 11.0 Å². The molecule has 0 aromatic carbocycles. The number of thioether (sulfide) groups is 1. The summed E-state index contributed by atoms with van der Waals surface area (Å²) < 4.78 is 0. The van der Waals surface area contributed by atoms with Gasteiger partial charge in [-0.2, -0.15) is 0 Å². The molecule has 2 nitrogen and oxygen atoms in total. The molecule has 0 aliphatic rings. The quantitative estimate of drug-likeness (QED) is 0.655. The summed E-state index contributed by atoms with van der Waals surface area (Å²) in [7, 11) is 0. The van der Waals surface area contributed by atoms with E-state index in [4.69, 9.17) is 5.11 Å². The summed E-state index contributed by atoms with van der Waals surface area (Å²) >= 11 is 1.28. The van der Waals surface area contributed by atoms with E-state index in [0.717, 1.165) is 4.91 Å². The molecule has 0 amide bonds. The second kappa shape index (κ2) is 5.87. The monoisotopic (exact) mass is 170 g/mol. The van der Waals surface area contributed by atoms with E-state index in [0.29, 0.717) is 0 Å². The van der Waals surface area contributed by atoms with E-state index in [1.807, 2.05) is 6.92 Å². The number of rotatable bonds is 3. The molecule has 1 N–H and O–H groups in total. The number of aliphatic carboxylic acids is 1. The summed E-state index contributed by atoms with van der Waals surface area (Å²) in [5.74, 6) is 4.75. The predicted molar refractivity (Wildman–Crippen MR) is 47.3 cm³/mol. The van der Waals surface area contributed by atoms with Crippen molar-refractivity contribution in [1.29, 1.82) is 0 Å².